The van der Waals surface area contributed by atoms with Crippen LogP contribution in [0.5, 0.6) is 0 Å². The van der Waals surface area contributed by atoms with Gasteiger partial charge in [0.15, 0.2) is 0 Å². The number of halogens is 2. The van der Waals surface area contributed by atoms with Gasteiger partial charge >= 0.3 is 5.97 Å². The van der Waals surface area contributed by atoms with E-state index in [4.69, 9.17) is 0 Å². The van der Waals surface area contributed by atoms with E-state index in [2.05, 4.69) is 21.2 Å². The van der Waals surface area contributed by atoms with Gasteiger partial charge in [-0.15, -0.1) is 0 Å². The van der Waals surface area contributed by atoms with E-state index in [0.717, 1.165) is 0 Å². The third-order valence-corrected chi connectivity index (χ3v) is 3.50. The molecule has 1 aromatic rings. The van der Waals surface area contributed by atoms with Crippen LogP contribution in [0.1, 0.15) is 12.5 Å². The highest BCUT2D eigenvalue weighted by atomic mass is 79.9. The highest BCUT2D eigenvalue weighted by Gasteiger charge is 2.41. The smallest absolute Gasteiger partial charge is 0.319 e. The van der Waals surface area contributed by atoms with Crippen molar-refractivity contribution >= 4 is 27.8 Å². The monoisotopic (exact) mass is 317 g/mol. The fourth-order valence-corrected chi connectivity index (χ4v) is 2.07. The predicted octanol–water partition coefficient (Wildman–Crippen LogP) is 1.97. The van der Waals surface area contributed by atoms with E-state index in [1.54, 1.807) is 0 Å². The summed E-state index contributed by atoms with van der Waals surface area (Å²) in [6, 6.07) is 3.93. The summed E-state index contributed by atoms with van der Waals surface area (Å²) in [6.45, 7) is 1.34. The van der Waals surface area contributed by atoms with Gasteiger partial charge in [0.25, 0.3) is 0 Å². The molecule has 0 saturated carbocycles. The molecule has 1 rings (SSSR count). The van der Waals surface area contributed by atoms with Crippen molar-refractivity contribution in [1.29, 1.82) is 0 Å². The number of aliphatic carboxylic acids is 1. The molecule has 1 atom stereocenters. The minimum atomic E-state index is -1.59. The molecule has 0 aromatic heterocycles. The molecule has 18 heavy (non-hydrogen) atoms. The van der Waals surface area contributed by atoms with Crippen molar-refractivity contribution in [3.05, 3.63) is 34.1 Å². The highest BCUT2D eigenvalue weighted by molar-refractivity contribution is 9.10. The molecule has 1 amide bonds. The molecule has 0 spiro atoms. The number of hydrogen-bond acceptors (Lipinski definition) is 2. The molecule has 0 aliphatic rings. The van der Waals surface area contributed by atoms with Crippen LogP contribution >= 0.6 is 15.9 Å². The number of amides is 1. The van der Waals surface area contributed by atoms with E-state index in [1.165, 1.54) is 32.2 Å². The number of carboxylic acid groups (broad SMARTS) is 1. The van der Waals surface area contributed by atoms with Gasteiger partial charge in [-0.1, -0.05) is 22.0 Å². The van der Waals surface area contributed by atoms with Crippen LogP contribution in [0.2, 0.25) is 0 Å². The van der Waals surface area contributed by atoms with E-state index < -0.39 is 23.1 Å². The standard InChI is InChI=1S/C12H13BrFNO3/c1-12(11(17)18,10(16)15-2)6-7-3-4-8(14)5-9(7)13/h3-5H,6H2,1-2H3,(H,15,16)(H,17,18). The lowest BCUT2D eigenvalue weighted by Gasteiger charge is -2.23. The molecule has 0 aliphatic carbocycles. The Morgan fingerprint density at radius 2 is 2.11 bits per heavy atom. The molecular weight excluding hydrogens is 305 g/mol. The van der Waals surface area contributed by atoms with Crippen LogP contribution in [0, 0.1) is 11.2 Å². The third kappa shape index (κ3) is 2.87. The fraction of sp³-hybridized carbons (Fsp3) is 0.333. The van der Waals surface area contributed by atoms with Crippen LogP contribution in [0.25, 0.3) is 0 Å². The minimum absolute atomic E-state index is 0.0249. The molecule has 0 heterocycles. The second kappa shape index (κ2) is 5.48. The van der Waals surface area contributed by atoms with Gasteiger partial charge < -0.3 is 10.4 Å². The second-order valence-corrected chi connectivity index (χ2v) is 4.98. The maximum atomic E-state index is 12.9. The molecule has 2 N–H and O–H groups in total. The summed E-state index contributed by atoms with van der Waals surface area (Å²) in [6.07, 6.45) is -0.0249. The van der Waals surface area contributed by atoms with Crippen LogP contribution < -0.4 is 5.32 Å². The number of carboxylic acids is 1. The first-order chi connectivity index (χ1) is 8.31. The van der Waals surface area contributed by atoms with Crippen molar-refractivity contribution < 1.29 is 19.1 Å². The summed E-state index contributed by atoms with van der Waals surface area (Å²) in [5, 5.41) is 11.5. The Labute approximate surface area is 112 Å². The Morgan fingerprint density at radius 3 is 2.56 bits per heavy atom. The van der Waals surface area contributed by atoms with Gasteiger partial charge in [-0.2, -0.15) is 0 Å². The number of nitrogens with one attached hydrogen (secondary N) is 1. The summed E-state index contributed by atoms with van der Waals surface area (Å²) >= 11 is 3.16. The second-order valence-electron chi connectivity index (χ2n) is 4.13. The van der Waals surface area contributed by atoms with Gasteiger partial charge in [-0.3, -0.25) is 9.59 Å². The first kappa shape index (κ1) is 14.6. The molecule has 98 valence electrons. The zero-order valence-corrected chi connectivity index (χ0v) is 11.5. The number of carbonyl (C=O) groups is 2. The SMILES string of the molecule is CNC(=O)C(C)(Cc1ccc(F)cc1Br)C(=O)O. The molecule has 0 bridgehead atoms. The van der Waals surface area contributed by atoms with E-state index in [9.17, 15) is 19.1 Å². The Balaban J connectivity index is 3.12. The van der Waals surface area contributed by atoms with Crippen molar-refractivity contribution in [2.24, 2.45) is 5.41 Å². The Kier molecular flexibility index (Phi) is 4.45. The lowest BCUT2D eigenvalue weighted by Crippen LogP contribution is -2.44. The van der Waals surface area contributed by atoms with Crippen molar-refractivity contribution in [3.8, 4) is 0 Å². The largest absolute Gasteiger partial charge is 0.480 e. The molecule has 1 aromatic carbocycles. The van der Waals surface area contributed by atoms with Crippen molar-refractivity contribution in [2.75, 3.05) is 7.05 Å². The number of hydrogen-bond donors (Lipinski definition) is 2. The normalized spacial score (nSPS) is 13.8. The van der Waals surface area contributed by atoms with Gasteiger partial charge in [-0.05, 0) is 31.0 Å². The van der Waals surface area contributed by atoms with Crippen LogP contribution in [0.3, 0.4) is 0 Å². The summed E-state index contributed by atoms with van der Waals surface area (Å²) in [5.74, 6) is -2.24. The van der Waals surface area contributed by atoms with E-state index in [0.29, 0.717) is 10.0 Å². The Morgan fingerprint density at radius 1 is 1.50 bits per heavy atom. The van der Waals surface area contributed by atoms with E-state index in [-0.39, 0.29) is 6.42 Å². The van der Waals surface area contributed by atoms with Crippen LogP contribution in [-0.4, -0.2) is 24.0 Å². The van der Waals surface area contributed by atoms with Gasteiger partial charge in [0.1, 0.15) is 11.2 Å². The molecule has 4 nitrogen and oxygen atoms in total. The Hall–Kier alpha value is -1.43. The van der Waals surface area contributed by atoms with Gasteiger partial charge in [0, 0.05) is 11.5 Å². The summed E-state index contributed by atoms with van der Waals surface area (Å²) in [4.78, 5) is 22.9. The first-order valence-corrected chi connectivity index (χ1v) is 6.00. The molecule has 0 fully saturated rings. The third-order valence-electron chi connectivity index (χ3n) is 2.76. The maximum Gasteiger partial charge on any atom is 0.319 e. The maximum absolute atomic E-state index is 12.9. The molecule has 0 radical (unpaired) electrons. The van der Waals surface area contributed by atoms with Gasteiger partial charge in [0.2, 0.25) is 5.91 Å². The van der Waals surface area contributed by atoms with Crippen LogP contribution in [0.4, 0.5) is 4.39 Å². The Bertz CT molecular complexity index is 492. The van der Waals surface area contributed by atoms with Crippen LogP contribution in [0.15, 0.2) is 22.7 Å². The summed E-state index contributed by atoms with van der Waals surface area (Å²) in [7, 11) is 1.38. The van der Waals surface area contributed by atoms with Gasteiger partial charge in [0.05, 0.1) is 0 Å². The van der Waals surface area contributed by atoms with Crippen molar-refractivity contribution in [1.82, 2.24) is 5.32 Å². The minimum Gasteiger partial charge on any atom is -0.480 e. The number of rotatable bonds is 4. The van der Waals surface area contributed by atoms with Crippen LogP contribution in [-0.2, 0) is 16.0 Å². The lowest BCUT2D eigenvalue weighted by atomic mass is 9.82. The summed E-state index contributed by atoms with van der Waals surface area (Å²) in [5.41, 5.74) is -1.03. The summed E-state index contributed by atoms with van der Waals surface area (Å²) < 4.78 is 13.4. The average Bonchev–Trinajstić information content (AvgIpc) is 2.31. The fourth-order valence-electron chi connectivity index (χ4n) is 1.57. The van der Waals surface area contributed by atoms with Gasteiger partial charge in [-0.25, -0.2) is 4.39 Å². The van der Waals surface area contributed by atoms with Crippen molar-refractivity contribution in [2.45, 2.75) is 13.3 Å². The number of benzene rings is 1. The molecular formula is C12H13BrFNO3. The molecule has 6 heteroatoms. The zero-order valence-electron chi connectivity index (χ0n) is 9.96. The average molecular weight is 318 g/mol. The first-order valence-electron chi connectivity index (χ1n) is 5.20. The van der Waals surface area contributed by atoms with E-state index in [1.807, 2.05) is 0 Å². The van der Waals surface area contributed by atoms with E-state index >= 15 is 0 Å². The predicted molar refractivity (Wildman–Crippen MR) is 67.6 cm³/mol. The molecule has 0 saturated heterocycles. The lowest BCUT2D eigenvalue weighted by molar-refractivity contribution is -0.154. The molecule has 0 aliphatic heterocycles. The van der Waals surface area contributed by atoms with Crippen molar-refractivity contribution in [3.63, 3.8) is 0 Å². The molecule has 1 unspecified atom stereocenters. The topological polar surface area (TPSA) is 66.4 Å². The zero-order chi connectivity index (χ0) is 13.9. The highest BCUT2D eigenvalue weighted by Crippen LogP contribution is 2.28. The quantitative estimate of drug-likeness (QED) is 0.834. The number of carbonyl (C=O) groups excluding carboxylic acids is 1.